The van der Waals surface area contributed by atoms with Crippen LogP contribution in [-0.2, 0) is 0 Å². The average molecular weight is 357 g/mol. The number of rotatable bonds is 1. The Hall–Kier alpha value is -1.23. The van der Waals surface area contributed by atoms with Gasteiger partial charge in [-0.2, -0.15) is 0 Å². The number of nitrogen functional groups attached to an aromatic ring is 1. The highest BCUT2D eigenvalue weighted by atomic mass is 79.9. The summed E-state index contributed by atoms with van der Waals surface area (Å²) in [7, 11) is 0. The minimum Gasteiger partial charge on any atom is -0.383 e. The Balaban J connectivity index is 2.31. The number of aromatic nitrogens is 2. The molecular weight excluding hydrogens is 349 g/mol. The zero-order valence-corrected chi connectivity index (χ0v) is 12.7. The highest BCUT2D eigenvalue weighted by molar-refractivity contribution is 9.10. The normalized spacial score (nSPS) is 11.1. The van der Waals surface area contributed by atoms with E-state index in [0.717, 1.165) is 15.7 Å². The van der Waals surface area contributed by atoms with Gasteiger partial charge in [0.15, 0.2) is 5.65 Å². The molecule has 6 heteroatoms. The Bertz CT molecular complexity index is 763. The minimum atomic E-state index is 0.551. The molecule has 2 N–H and O–H groups in total. The summed E-state index contributed by atoms with van der Waals surface area (Å²) in [4.78, 5) is 4.54. The molecule has 0 unspecified atom stereocenters. The summed E-state index contributed by atoms with van der Waals surface area (Å²) in [6.07, 6.45) is 1.86. The summed E-state index contributed by atoms with van der Waals surface area (Å²) in [6.45, 7) is 0. The Kier molecular flexibility index (Phi) is 3.17. The Morgan fingerprint density at radius 3 is 2.47 bits per heavy atom. The van der Waals surface area contributed by atoms with Crippen LogP contribution in [0.25, 0.3) is 16.9 Å². The second-order valence-corrected chi connectivity index (χ2v) is 5.78. The maximum Gasteiger partial charge on any atom is 0.153 e. The lowest BCUT2D eigenvalue weighted by Gasteiger charge is -2.01. The molecule has 0 amide bonds. The quantitative estimate of drug-likeness (QED) is 0.689. The third-order valence-corrected chi connectivity index (χ3v) is 3.83. The number of pyridine rings is 1. The van der Waals surface area contributed by atoms with Crippen molar-refractivity contribution in [3.63, 3.8) is 0 Å². The van der Waals surface area contributed by atoms with Crippen molar-refractivity contribution in [2.45, 2.75) is 0 Å². The molecule has 0 bridgehead atoms. The van der Waals surface area contributed by atoms with Crippen molar-refractivity contribution >= 4 is 50.6 Å². The first-order chi connectivity index (χ1) is 9.06. The fourth-order valence-corrected chi connectivity index (χ4v) is 2.91. The van der Waals surface area contributed by atoms with E-state index in [1.807, 2.05) is 22.7 Å². The van der Waals surface area contributed by atoms with E-state index >= 15 is 0 Å². The Morgan fingerprint density at radius 1 is 1.16 bits per heavy atom. The highest BCUT2D eigenvalue weighted by Crippen LogP contribution is 2.32. The van der Waals surface area contributed by atoms with Crippen molar-refractivity contribution in [2.24, 2.45) is 0 Å². The summed E-state index contributed by atoms with van der Waals surface area (Å²) >= 11 is 15.5. The van der Waals surface area contributed by atoms with Crippen molar-refractivity contribution in [2.75, 3.05) is 5.73 Å². The predicted octanol–water partition coefficient (Wildman–Crippen LogP) is 4.65. The van der Waals surface area contributed by atoms with E-state index in [-0.39, 0.29) is 0 Å². The van der Waals surface area contributed by atoms with Gasteiger partial charge in [0.2, 0.25) is 0 Å². The number of fused-ring (bicyclic) bond motifs is 1. The summed E-state index contributed by atoms with van der Waals surface area (Å²) in [5.74, 6) is 0.551. The molecule has 2 aromatic heterocycles. The molecule has 0 fully saturated rings. The first-order valence-electron chi connectivity index (χ1n) is 5.45. The molecule has 1 aromatic carbocycles. The van der Waals surface area contributed by atoms with Crippen molar-refractivity contribution in [3.05, 3.63) is 51.0 Å². The number of halogens is 3. The van der Waals surface area contributed by atoms with Crippen LogP contribution in [0.4, 0.5) is 5.82 Å². The van der Waals surface area contributed by atoms with Gasteiger partial charge in [0.1, 0.15) is 11.5 Å². The largest absolute Gasteiger partial charge is 0.383 e. The zero-order chi connectivity index (χ0) is 13.6. The van der Waals surface area contributed by atoms with Crippen LogP contribution in [0.15, 0.2) is 41.0 Å². The van der Waals surface area contributed by atoms with Crippen LogP contribution in [-0.4, -0.2) is 9.38 Å². The summed E-state index contributed by atoms with van der Waals surface area (Å²) in [6, 6.07) is 9.06. The van der Waals surface area contributed by atoms with E-state index in [4.69, 9.17) is 28.9 Å². The number of nitrogens with two attached hydrogens (primary N) is 1. The van der Waals surface area contributed by atoms with Crippen molar-refractivity contribution in [1.82, 2.24) is 9.38 Å². The lowest BCUT2D eigenvalue weighted by atomic mass is 10.1. The van der Waals surface area contributed by atoms with Gasteiger partial charge in [0, 0.05) is 21.8 Å². The number of hydrogen-bond acceptors (Lipinski definition) is 2. The molecule has 96 valence electrons. The molecule has 0 aliphatic rings. The molecule has 3 aromatic rings. The van der Waals surface area contributed by atoms with Crippen LogP contribution in [0.5, 0.6) is 0 Å². The first-order valence-corrected chi connectivity index (χ1v) is 6.99. The minimum absolute atomic E-state index is 0.551. The molecule has 3 rings (SSSR count). The SMILES string of the molecule is Nc1c(-c2cc(Cl)cc(Cl)c2)nc2c(Br)cccn12. The fraction of sp³-hybridized carbons (Fsp3) is 0. The molecule has 0 spiro atoms. The summed E-state index contributed by atoms with van der Waals surface area (Å²) in [5, 5.41) is 1.11. The molecule has 0 saturated carbocycles. The van der Waals surface area contributed by atoms with Gasteiger partial charge in [-0.1, -0.05) is 23.2 Å². The fourth-order valence-electron chi connectivity index (χ4n) is 1.96. The number of benzene rings is 1. The van der Waals surface area contributed by atoms with Crippen molar-refractivity contribution in [1.29, 1.82) is 0 Å². The smallest absolute Gasteiger partial charge is 0.153 e. The molecule has 0 radical (unpaired) electrons. The number of nitrogens with zero attached hydrogens (tertiary/aromatic N) is 2. The number of anilines is 1. The maximum absolute atomic E-state index is 6.13. The van der Waals surface area contributed by atoms with E-state index in [9.17, 15) is 0 Å². The van der Waals surface area contributed by atoms with E-state index < -0.39 is 0 Å². The second kappa shape index (κ2) is 4.71. The average Bonchev–Trinajstić information content (AvgIpc) is 2.68. The third kappa shape index (κ3) is 2.20. The Labute approximate surface area is 128 Å². The lowest BCUT2D eigenvalue weighted by Crippen LogP contribution is -1.93. The van der Waals surface area contributed by atoms with Gasteiger partial charge in [-0.15, -0.1) is 0 Å². The van der Waals surface area contributed by atoms with Gasteiger partial charge in [-0.3, -0.25) is 4.40 Å². The monoisotopic (exact) mass is 355 g/mol. The van der Waals surface area contributed by atoms with Gasteiger partial charge < -0.3 is 5.73 Å². The predicted molar refractivity (Wildman–Crippen MR) is 82.8 cm³/mol. The Morgan fingerprint density at radius 2 is 1.84 bits per heavy atom. The van der Waals surface area contributed by atoms with Crippen LogP contribution in [0.3, 0.4) is 0 Å². The zero-order valence-electron chi connectivity index (χ0n) is 9.57. The molecule has 0 aliphatic carbocycles. The van der Waals surface area contributed by atoms with Crippen LogP contribution in [0, 0.1) is 0 Å². The third-order valence-electron chi connectivity index (χ3n) is 2.78. The van der Waals surface area contributed by atoms with Crippen LogP contribution in [0.1, 0.15) is 0 Å². The molecule has 2 heterocycles. The lowest BCUT2D eigenvalue weighted by molar-refractivity contribution is 1.19. The second-order valence-electron chi connectivity index (χ2n) is 4.05. The maximum atomic E-state index is 6.13. The summed E-state index contributed by atoms with van der Waals surface area (Å²) in [5.41, 5.74) is 8.35. The van der Waals surface area contributed by atoms with Crippen molar-refractivity contribution < 1.29 is 0 Å². The molecule has 0 atom stereocenters. The van der Waals surface area contributed by atoms with Gasteiger partial charge in [-0.05, 0) is 46.3 Å². The van der Waals surface area contributed by atoms with E-state index in [2.05, 4.69) is 20.9 Å². The first kappa shape index (κ1) is 12.8. The standard InChI is InChI=1S/C13H8BrCl2N3/c14-10-2-1-3-19-12(17)11(18-13(10)19)7-4-8(15)6-9(16)5-7/h1-6H,17H2. The van der Waals surface area contributed by atoms with Crippen LogP contribution >= 0.6 is 39.1 Å². The van der Waals surface area contributed by atoms with Crippen LogP contribution < -0.4 is 5.73 Å². The van der Waals surface area contributed by atoms with Gasteiger partial charge in [0.05, 0.1) is 4.47 Å². The molecule has 0 saturated heterocycles. The molecule has 0 aliphatic heterocycles. The van der Waals surface area contributed by atoms with E-state index in [1.165, 1.54) is 0 Å². The molecule has 3 nitrogen and oxygen atoms in total. The van der Waals surface area contributed by atoms with Gasteiger partial charge in [0.25, 0.3) is 0 Å². The topological polar surface area (TPSA) is 43.3 Å². The summed E-state index contributed by atoms with van der Waals surface area (Å²) < 4.78 is 2.69. The molecule has 19 heavy (non-hydrogen) atoms. The number of hydrogen-bond donors (Lipinski definition) is 1. The van der Waals surface area contributed by atoms with Crippen LogP contribution in [0.2, 0.25) is 10.0 Å². The van der Waals surface area contributed by atoms with Gasteiger partial charge >= 0.3 is 0 Å². The van der Waals surface area contributed by atoms with Crippen molar-refractivity contribution in [3.8, 4) is 11.3 Å². The van der Waals surface area contributed by atoms with E-state index in [1.54, 1.807) is 18.2 Å². The number of imidazole rings is 1. The highest BCUT2D eigenvalue weighted by Gasteiger charge is 2.13. The van der Waals surface area contributed by atoms with E-state index in [0.29, 0.717) is 21.6 Å². The molecular formula is C13H8BrCl2N3. The van der Waals surface area contributed by atoms with Gasteiger partial charge in [-0.25, -0.2) is 4.98 Å².